The second-order valence-corrected chi connectivity index (χ2v) is 5.27. The van der Waals surface area contributed by atoms with Gasteiger partial charge in [0.15, 0.2) is 0 Å². The molecule has 98 valence electrons. The molecule has 2 rings (SSSR count). The van der Waals surface area contributed by atoms with Gasteiger partial charge in [0.2, 0.25) is 0 Å². The molecule has 0 bridgehead atoms. The molecular weight excluding hydrogens is 224 g/mol. The first-order valence-electron chi connectivity index (χ1n) is 6.73. The smallest absolute Gasteiger partial charge is 0.251 e. The van der Waals surface area contributed by atoms with E-state index in [9.17, 15) is 4.79 Å². The van der Waals surface area contributed by atoms with E-state index in [1.807, 2.05) is 24.3 Å². The molecule has 2 atom stereocenters. The fourth-order valence-corrected chi connectivity index (χ4v) is 2.57. The highest BCUT2D eigenvalue weighted by Crippen LogP contribution is 2.24. The summed E-state index contributed by atoms with van der Waals surface area (Å²) in [5, 5.41) is 6.22. The zero-order valence-electron chi connectivity index (χ0n) is 11.2. The Hall–Kier alpha value is -1.35. The Morgan fingerprint density at radius 2 is 2.00 bits per heavy atom. The van der Waals surface area contributed by atoms with Gasteiger partial charge in [-0.2, -0.15) is 0 Å². The molecule has 3 nitrogen and oxygen atoms in total. The Labute approximate surface area is 109 Å². The molecule has 0 spiro atoms. The summed E-state index contributed by atoms with van der Waals surface area (Å²) < 4.78 is 0. The Morgan fingerprint density at radius 3 is 2.56 bits per heavy atom. The minimum Gasteiger partial charge on any atom is -0.355 e. The van der Waals surface area contributed by atoms with Crippen molar-refractivity contribution in [3.63, 3.8) is 0 Å². The molecule has 1 saturated carbocycles. The molecule has 1 aromatic rings. The van der Waals surface area contributed by atoms with Gasteiger partial charge < -0.3 is 10.6 Å². The van der Waals surface area contributed by atoms with Crippen molar-refractivity contribution in [2.24, 2.45) is 5.92 Å². The molecule has 1 fully saturated rings. The normalized spacial score (nSPS) is 23.0. The van der Waals surface area contributed by atoms with Crippen LogP contribution in [0.2, 0.25) is 0 Å². The van der Waals surface area contributed by atoms with Gasteiger partial charge in [0.05, 0.1) is 0 Å². The number of carbonyl (C=O) groups excluding carboxylic acids is 1. The van der Waals surface area contributed by atoms with E-state index < -0.39 is 0 Å². The maximum Gasteiger partial charge on any atom is 0.251 e. The third-order valence-electron chi connectivity index (χ3n) is 3.73. The van der Waals surface area contributed by atoms with Crippen molar-refractivity contribution in [2.45, 2.75) is 38.8 Å². The summed E-state index contributed by atoms with van der Waals surface area (Å²) >= 11 is 0. The standard InChI is InChI=1S/C15H22N2O/c1-11-3-8-14(9-11)17-10-12-4-6-13(7-5-12)15(18)16-2/h4-7,11,14,17H,3,8-10H2,1-2H3,(H,16,18). The van der Waals surface area contributed by atoms with Crippen LogP contribution in [0.5, 0.6) is 0 Å². The van der Waals surface area contributed by atoms with Crippen molar-refractivity contribution in [1.82, 2.24) is 10.6 Å². The Morgan fingerprint density at radius 1 is 1.28 bits per heavy atom. The van der Waals surface area contributed by atoms with Crippen LogP contribution < -0.4 is 10.6 Å². The van der Waals surface area contributed by atoms with E-state index in [4.69, 9.17) is 0 Å². The number of carbonyl (C=O) groups is 1. The fraction of sp³-hybridized carbons (Fsp3) is 0.533. The van der Waals surface area contributed by atoms with Crippen LogP contribution in [0, 0.1) is 5.92 Å². The lowest BCUT2D eigenvalue weighted by molar-refractivity contribution is 0.0963. The van der Waals surface area contributed by atoms with Crippen LogP contribution in [0.25, 0.3) is 0 Å². The first-order valence-corrected chi connectivity index (χ1v) is 6.73. The van der Waals surface area contributed by atoms with Crippen molar-refractivity contribution in [3.8, 4) is 0 Å². The van der Waals surface area contributed by atoms with Crippen LogP contribution >= 0.6 is 0 Å². The lowest BCUT2D eigenvalue weighted by Gasteiger charge is -2.12. The zero-order chi connectivity index (χ0) is 13.0. The van der Waals surface area contributed by atoms with Crippen LogP contribution in [0.4, 0.5) is 0 Å². The van der Waals surface area contributed by atoms with Crippen molar-refractivity contribution >= 4 is 5.91 Å². The second-order valence-electron chi connectivity index (χ2n) is 5.27. The van der Waals surface area contributed by atoms with Crippen LogP contribution in [0.3, 0.4) is 0 Å². The largest absolute Gasteiger partial charge is 0.355 e. The van der Waals surface area contributed by atoms with Crippen molar-refractivity contribution in [1.29, 1.82) is 0 Å². The number of rotatable bonds is 4. The summed E-state index contributed by atoms with van der Waals surface area (Å²) in [6, 6.07) is 8.48. The molecule has 1 amide bonds. The molecule has 18 heavy (non-hydrogen) atoms. The second kappa shape index (κ2) is 6.01. The number of hydrogen-bond donors (Lipinski definition) is 2. The molecule has 0 saturated heterocycles. The topological polar surface area (TPSA) is 41.1 Å². The maximum absolute atomic E-state index is 11.4. The van der Waals surface area contributed by atoms with E-state index in [-0.39, 0.29) is 5.91 Å². The molecule has 2 unspecified atom stereocenters. The van der Waals surface area contributed by atoms with Crippen LogP contribution in [0.15, 0.2) is 24.3 Å². The Kier molecular flexibility index (Phi) is 4.37. The van der Waals surface area contributed by atoms with E-state index in [1.54, 1.807) is 7.05 Å². The monoisotopic (exact) mass is 246 g/mol. The molecule has 0 radical (unpaired) electrons. The van der Waals surface area contributed by atoms with Gasteiger partial charge >= 0.3 is 0 Å². The number of amides is 1. The first kappa shape index (κ1) is 13.1. The molecule has 0 heterocycles. The third-order valence-corrected chi connectivity index (χ3v) is 3.73. The lowest BCUT2D eigenvalue weighted by Crippen LogP contribution is -2.25. The van der Waals surface area contributed by atoms with Gasteiger partial charge in [0.25, 0.3) is 5.91 Å². The lowest BCUT2D eigenvalue weighted by atomic mass is 10.1. The van der Waals surface area contributed by atoms with E-state index in [0.717, 1.165) is 18.0 Å². The highest BCUT2D eigenvalue weighted by Gasteiger charge is 2.20. The fourth-order valence-electron chi connectivity index (χ4n) is 2.57. The predicted molar refractivity (Wildman–Crippen MR) is 73.5 cm³/mol. The Bertz CT molecular complexity index is 399. The minimum atomic E-state index is -0.0286. The quantitative estimate of drug-likeness (QED) is 0.856. The SMILES string of the molecule is CNC(=O)c1ccc(CNC2CCC(C)C2)cc1. The summed E-state index contributed by atoms with van der Waals surface area (Å²) in [6.07, 6.45) is 3.92. The number of hydrogen-bond acceptors (Lipinski definition) is 2. The minimum absolute atomic E-state index is 0.0286. The average Bonchev–Trinajstić information content (AvgIpc) is 2.82. The summed E-state index contributed by atoms with van der Waals surface area (Å²) in [5.41, 5.74) is 1.96. The van der Waals surface area contributed by atoms with Crippen molar-refractivity contribution in [3.05, 3.63) is 35.4 Å². The van der Waals surface area contributed by atoms with E-state index in [0.29, 0.717) is 6.04 Å². The summed E-state index contributed by atoms with van der Waals surface area (Å²) in [6.45, 7) is 3.21. The van der Waals surface area contributed by atoms with Crippen LogP contribution in [0.1, 0.15) is 42.1 Å². The maximum atomic E-state index is 11.4. The van der Waals surface area contributed by atoms with Crippen molar-refractivity contribution in [2.75, 3.05) is 7.05 Å². The van der Waals surface area contributed by atoms with E-state index in [2.05, 4.69) is 17.6 Å². The van der Waals surface area contributed by atoms with Gasteiger partial charge in [-0.3, -0.25) is 4.79 Å². The summed E-state index contributed by atoms with van der Waals surface area (Å²) in [4.78, 5) is 11.4. The predicted octanol–water partition coefficient (Wildman–Crippen LogP) is 2.32. The van der Waals surface area contributed by atoms with Gasteiger partial charge in [0, 0.05) is 25.2 Å². The van der Waals surface area contributed by atoms with Crippen LogP contribution in [-0.2, 0) is 6.54 Å². The molecular formula is C15H22N2O. The summed E-state index contributed by atoms with van der Waals surface area (Å²) in [5.74, 6) is 0.831. The highest BCUT2D eigenvalue weighted by molar-refractivity contribution is 5.93. The number of nitrogens with one attached hydrogen (secondary N) is 2. The van der Waals surface area contributed by atoms with Gasteiger partial charge in [0.1, 0.15) is 0 Å². The van der Waals surface area contributed by atoms with Gasteiger partial charge in [-0.1, -0.05) is 19.1 Å². The summed E-state index contributed by atoms with van der Waals surface area (Å²) in [7, 11) is 1.65. The molecule has 1 aliphatic carbocycles. The van der Waals surface area contributed by atoms with Crippen LogP contribution in [-0.4, -0.2) is 19.0 Å². The molecule has 0 aliphatic heterocycles. The molecule has 1 aliphatic rings. The Balaban J connectivity index is 1.85. The third kappa shape index (κ3) is 3.33. The molecule has 3 heteroatoms. The van der Waals surface area contributed by atoms with Gasteiger partial charge in [-0.05, 0) is 42.9 Å². The van der Waals surface area contributed by atoms with Gasteiger partial charge in [-0.25, -0.2) is 0 Å². The molecule has 2 N–H and O–H groups in total. The van der Waals surface area contributed by atoms with Crippen molar-refractivity contribution < 1.29 is 4.79 Å². The molecule has 0 aromatic heterocycles. The molecule has 1 aromatic carbocycles. The first-order chi connectivity index (χ1) is 8.69. The zero-order valence-corrected chi connectivity index (χ0v) is 11.2. The number of benzene rings is 1. The highest BCUT2D eigenvalue weighted by atomic mass is 16.1. The average molecular weight is 246 g/mol. The van der Waals surface area contributed by atoms with E-state index in [1.165, 1.54) is 24.8 Å². The van der Waals surface area contributed by atoms with Gasteiger partial charge in [-0.15, -0.1) is 0 Å². The van der Waals surface area contributed by atoms with E-state index >= 15 is 0 Å².